The van der Waals surface area contributed by atoms with Crippen molar-refractivity contribution in [3.8, 4) is 0 Å². The van der Waals surface area contributed by atoms with Crippen molar-refractivity contribution in [1.29, 1.82) is 0 Å². The molecule has 0 aliphatic carbocycles. The number of carbonyl (C=O) groups is 3. The van der Waals surface area contributed by atoms with Crippen LogP contribution in [0.5, 0.6) is 0 Å². The Bertz CT molecular complexity index is 338. The summed E-state index contributed by atoms with van der Waals surface area (Å²) in [6, 6.07) is 0. The van der Waals surface area contributed by atoms with Gasteiger partial charge >= 0.3 is 11.9 Å². The monoisotopic (exact) mass is 314 g/mol. The van der Waals surface area contributed by atoms with Crippen LogP contribution >= 0.6 is 0 Å². The third kappa shape index (κ3) is 11.3. The van der Waals surface area contributed by atoms with E-state index in [1.165, 1.54) is 38.5 Å². The molecule has 0 saturated heterocycles. The van der Waals surface area contributed by atoms with Gasteiger partial charge < -0.3 is 10.2 Å². The predicted octanol–water partition coefficient (Wildman–Crippen LogP) is 4.04. The summed E-state index contributed by atoms with van der Waals surface area (Å²) in [6.45, 7) is 2.19. The summed E-state index contributed by atoms with van der Waals surface area (Å²) in [7, 11) is 0. The molecule has 22 heavy (non-hydrogen) atoms. The highest BCUT2D eigenvalue weighted by Crippen LogP contribution is 2.15. The Morgan fingerprint density at radius 1 is 0.773 bits per heavy atom. The van der Waals surface area contributed by atoms with E-state index < -0.39 is 17.9 Å². The molecule has 0 spiro atoms. The van der Waals surface area contributed by atoms with E-state index in [4.69, 9.17) is 10.2 Å². The van der Waals surface area contributed by atoms with Gasteiger partial charge in [0, 0.05) is 12.8 Å². The van der Waals surface area contributed by atoms with E-state index in [9.17, 15) is 14.4 Å². The zero-order valence-corrected chi connectivity index (χ0v) is 13.7. The first-order valence-corrected chi connectivity index (χ1v) is 8.46. The Hall–Kier alpha value is -1.39. The van der Waals surface area contributed by atoms with Crippen molar-refractivity contribution in [2.75, 3.05) is 0 Å². The topological polar surface area (TPSA) is 91.7 Å². The average Bonchev–Trinajstić information content (AvgIpc) is 2.45. The molecular weight excluding hydrogens is 284 g/mol. The number of aliphatic carboxylic acids is 2. The van der Waals surface area contributed by atoms with Gasteiger partial charge in [-0.05, 0) is 12.8 Å². The Morgan fingerprint density at radius 2 is 1.27 bits per heavy atom. The number of Topliss-reactive ketones (excluding diaryl/α,β-unsaturated/α-hetero) is 1. The van der Waals surface area contributed by atoms with E-state index in [-0.39, 0.29) is 25.0 Å². The maximum atomic E-state index is 11.8. The Labute approximate surface area is 133 Å². The zero-order chi connectivity index (χ0) is 16.8. The Kier molecular flexibility index (Phi) is 12.4. The molecular formula is C17H30O5. The Morgan fingerprint density at radius 3 is 1.73 bits per heavy atom. The number of hydrogen-bond donors (Lipinski definition) is 2. The van der Waals surface area contributed by atoms with Crippen molar-refractivity contribution in [1.82, 2.24) is 0 Å². The fourth-order valence-corrected chi connectivity index (χ4v) is 2.47. The minimum atomic E-state index is -1.21. The van der Waals surface area contributed by atoms with E-state index in [2.05, 4.69) is 6.92 Å². The standard InChI is InChI=1S/C17H30O5/c1-2-3-4-5-6-7-8-9-10-11-15(18)14(17(21)22)12-13-16(19)20/h14H,2-13H2,1H3,(H,19,20)(H,21,22). The lowest BCUT2D eigenvalue weighted by atomic mass is 9.94. The van der Waals surface area contributed by atoms with Crippen molar-refractivity contribution in [2.24, 2.45) is 5.92 Å². The van der Waals surface area contributed by atoms with Crippen LogP contribution in [-0.2, 0) is 14.4 Å². The quantitative estimate of drug-likeness (QED) is 0.351. The lowest BCUT2D eigenvalue weighted by molar-refractivity contribution is -0.147. The van der Waals surface area contributed by atoms with Gasteiger partial charge in [0.25, 0.3) is 0 Å². The number of ketones is 1. The third-order valence-corrected chi connectivity index (χ3v) is 3.86. The maximum Gasteiger partial charge on any atom is 0.314 e. The van der Waals surface area contributed by atoms with Gasteiger partial charge in [-0.2, -0.15) is 0 Å². The van der Waals surface area contributed by atoms with Crippen molar-refractivity contribution in [3.05, 3.63) is 0 Å². The first-order chi connectivity index (χ1) is 10.5. The van der Waals surface area contributed by atoms with Gasteiger partial charge in [-0.25, -0.2) is 0 Å². The van der Waals surface area contributed by atoms with Crippen LogP contribution in [0.3, 0.4) is 0 Å². The van der Waals surface area contributed by atoms with E-state index in [1.807, 2.05) is 0 Å². The van der Waals surface area contributed by atoms with Crippen LogP contribution in [0.4, 0.5) is 0 Å². The van der Waals surface area contributed by atoms with E-state index >= 15 is 0 Å². The van der Waals surface area contributed by atoms with E-state index in [0.717, 1.165) is 12.8 Å². The van der Waals surface area contributed by atoms with E-state index in [1.54, 1.807) is 0 Å². The second-order valence-corrected chi connectivity index (χ2v) is 5.87. The van der Waals surface area contributed by atoms with Gasteiger partial charge in [-0.3, -0.25) is 14.4 Å². The predicted molar refractivity (Wildman–Crippen MR) is 84.8 cm³/mol. The van der Waals surface area contributed by atoms with Crippen molar-refractivity contribution in [3.63, 3.8) is 0 Å². The van der Waals surface area contributed by atoms with Gasteiger partial charge in [0.05, 0.1) is 0 Å². The van der Waals surface area contributed by atoms with Crippen molar-refractivity contribution < 1.29 is 24.6 Å². The average molecular weight is 314 g/mol. The molecule has 1 atom stereocenters. The summed E-state index contributed by atoms with van der Waals surface area (Å²) >= 11 is 0. The molecule has 0 aromatic heterocycles. The summed E-state index contributed by atoms with van der Waals surface area (Å²) in [5.74, 6) is -3.77. The number of carboxylic acids is 2. The molecule has 0 amide bonds. The van der Waals surface area contributed by atoms with Crippen LogP contribution in [0, 0.1) is 5.92 Å². The number of unbranched alkanes of at least 4 members (excludes halogenated alkanes) is 8. The van der Waals surface area contributed by atoms with Crippen LogP contribution in [0.1, 0.15) is 84.0 Å². The molecule has 0 fully saturated rings. The van der Waals surface area contributed by atoms with Crippen LogP contribution in [0.25, 0.3) is 0 Å². The number of carbonyl (C=O) groups excluding carboxylic acids is 1. The fourth-order valence-electron chi connectivity index (χ4n) is 2.47. The van der Waals surface area contributed by atoms with Gasteiger partial charge in [-0.15, -0.1) is 0 Å². The second-order valence-electron chi connectivity index (χ2n) is 5.87. The zero-order valence-electron chi connectivity index (χ0n) is 13.7. The number of rotatable bonds is 15. The summed E-state index contributed by atoms with van der Waals surface area (Å²) in [4.78, 5) is 33.3. The fraction of sp³-hybridized carbons (Fsp3) is 0.824. The van der Waals surface area contributed by atoms with Gasteiger partial charge in [0.2, 0.25) is 0 Å². The molecule has 128 valence electrons. The van der Waals surface area contributed by atoms with Crippen molar-refractivity contribution in [2.45, 2.75) is 84.0 Å². The molecule has 0 aromatic carbocycles. The highest BCUT2D eigenvalue weighted by Gasteiger charge is 2.25. The number of carboxylic acid groups (broad SMARTS) is 2. The van der Waals surface area contributed by atoms with Crippen LogP contribution in [0.2, 0.25) is 0 Å². The molecule has 0 rings (SSSR count). The smallest absolute Gasteiger partial charge is 0.314 e. The molecule has 0 heterocycles. The maximum absolute atomic E-state index is 11.8. The molecule has 0 saturated carbocycles. The minimum Gasteiger partial charge on any atom is -0.481 e. The largest absolute Gasteiger partial charge is 0.481 e. The molecule has 5 heteroatoms. The first kappa shape index (κ1) is 20.6. The summed E-state index contributed by atoms with van der Waals surface area (Å²) in [6.07, 6.45) is 10.1. The minimum absolute atomic E-state index is 0.110. The molecule has 0 bridgehead atoms. The number of hydrogen-bond acceptors (Lipinski definition) is 3. The van der Waals surface area contributed by atoms with Gasteiger partial charge in [0.15, 0.2) is 0 Å². The van der Waals surface area contributed by atoms with Crippen molar-refractivity contribution >= 4 is 17.7 Å². The molecule has 0 radical (unpaired) electrons. The molecule has 1 unspecified atom stereocenters. The van der Waals surface area contributed by atoms with Crippen LogP contribution in [0.15, 0.2) is 0 Å². The highest BCUT2D eigenvalue weighted by atomic mass is 16.4. The lowest BCUT2D eigenvalue weighted by Gasteiger charge is -2.09. The third-order valence-electron chi connectivity index (χ3n) is 3.86. The van der Waals surface area contributed by atoms with Crippen LogP contribution in [-0.4, -0.2) is 27.9 Å². The van der Waals surface area contributed by atoms with Crippen LogP contribution < -0.4 is 0 Å². The molecule has 0 aliphatic heterocycles. The lowest BCUT2D eigenvalue weighted by Crippen LogP contribution is -2.24. The molecule has 0 aliphatic rings. The molecule has 2 N–H and O–H groups in total. The van der Waals surface area contributed by atoms with E-state index in [0.29, 0.717) is 6.42 Å². The summed E-state index contributed by atoms with van der Waals surface area (Å²) < 4.78 is 0. The first-order valence-electron chi connectivity index (χ1n) is 8.46. The summed E-state index contributed by atoms with van der Waals surface area (Å²) in [5, 5.41) is 17.6. The SMILES string of the molecule is CCCCCCCCCCCC(=O)C(CCC(=O)O)C(=O)O. The van der Waals surface area contributed by atoms with Gasteiger partial charge in [0.1, 0.15) is 11.7 Å². The molecule has 5 nitrogen and oxygen atoms in total. The normalized spacial score (nSPS) is 12.0. The highest BCUT2D eigenvalue weighted by molar-refractivity contribution is 5.98. The summed E-state index contributed by atoms with van der Waals surface area (Å²) in [5.41, 5.74) is 0. The second kappa shape index (κ2) is 13.3. The Balaban J connectivity index is 3.72. The van der Waals surface area contributed by atoms with Gasteiger partial charge in [-0.1, -0.05) is 58.3 Å². The molecule has 0 aromatic rings.